The molecule has 1 N–H and O–H groups in total. The van der Waals surface area contributed by atoms with Gasteiger partial charge < -0.3 is 10.1 Å². The number of nitrogens with one attached hydrogen (secondary N) is 1. The zero-order chi connectivity index (χ0) is 21.2. The number of para-hydroxylation sites is 1. The SMILES string of the molecule is Cc1nn(-c2ccccc2)c(C)c1C(=O)C(=O)Nc1ccc(OC(F)(F)F)cc1. The summed E-state index contributed by atoms with van der Waals surface area (Å²) < 4.78 is 41.9. The van der Waals surface area contributed by atoms with Crippen molar-refractivity contribution in [3.8, 4) is 11.4 Å². The number of rotatable bonds is 5. The Labute approximate surface area is 163 Å². The first-order valence-corrected chi connectivity index (χ1v) is 8.49. The van der Waals surface area contributed by atoms with Crippen molar-refractivity contribution in [2.45, 2.75) is 20.2 Å². The van der Waals surface area contributed by atoms with Crippen LogP contribution in [0.25, 0.3) is 5.69 Å². The smallest absolute Gasteiger partial charge is 0.406 e. The van der Waals surface area contributed by atoms with E-state index in [4.69, 9.17) is 0 Å². The molecule has 6 nitrogen and oxygen atoms in total. The van der Waals surface area contributed by atoms with E-state index in [1.54, 1.807) is 18.5 Å². The Morgan fingerprint density at radius 3 is 2.21 bits per heavy atom. The zero-order valence-electron chi connectivity index (χ0n) is 15.4. The number of Topliss-reactive ketones (excluding diaryl/α,β-unsaturated/α-hetero) is 1. The van der Waals surface area contributed by atoms with Gasteiger partial charge >= 0.3 is 6.36 Å². The van der Waals surface area contributed by atoms with Gasteiger partial charge in [-0.2, -0.15) is 5.10 Å². The minimum Gasteiger partial charge on any atom is -0.406 e. The third kappa shape index (κ3) is 4.63. The number of alkyl halides is 3. The molecule has 0 aliphatic heterocycles. The van der Waals surface area contributed by atoms with Crippen molar-refractivity contribution in [3.63, 3.8) is 0 Å². The van der Waals surface area contributed by atoms with E-state index >= 15 is 0 Å². The summed E-state index contributed by atoms with van der Waals surface area (Å²) in [4.78, 5) is 25.0. The monoisotopic (exact) mass is 403 g/mol. The van der Waals surface area contributed by atoms with Crippen LogP contribution in [0.5, 0.6) is 5.75 Å². The molecule has 1 heterocycles. The van der Waals surface area contributed by atoms with E-state index in [0.29, 0.717) is 11.4 Å². The highest BCUT2D eigenvalue weighted by molar-refractivity contribution is 6.47. The lowest BCUT2D eigenvalue weighted by Crippen LogP contribution is -2.24. The molecule has 1 aromatic heterocycles. The van der Waals surface area contributed by atoms with E-state index in [1.807, 2.05) is 30.3 Å². The molecule has 3 rings (SSSR count). The van der Waals surface area contributed by atoms with E-state index < -0.39 is 23.8 Å². The maximum atomic E-state index is 12.7. The summed E-state index contributed by atoms with van der Waals surface area (Å²) >= 11 is 0. The van der Waals surface area contributed by atoms with Crippen LogP contribution in [0.3, 0.4) is 0 Å². The summed E-state index contributed by atoms with van der Waals surface area (Å²) in [6.07, 6.45) is -4.81. The predicted molar refractivity (Wildman–Crippen MR) is 99.1 cm³/mol. The van der Waals surface area contributed by atoms with Gasteiger partial charge in [0.25, 0.3) is 11.7 Å². The summed E-state index contributed by atoms with van der Waals surface area (Å²) in [7, 11) is 0. The van der Waals surface area contributed by atoms with Crippen LogP contribution in [0.15, 0.2) is 54.6 Å². The largest absolute Gasteiger partial charge is 0.573 e. The van der Waals surface area contributed by atoms with Crippen molar-refractivity contribution in [2.24, 2.45) is 0 Å². The number of carbonyl (C=O) groups excluding carboxylic acids is 2. The maximum Gasteiger partial charge on any atom is 0.573 e. The van der Waals surface area contributed by atoms with Crippen LogP contribution in [0.2, 0.25) is 0 Å². The second-order valence-electron chi connectivity index (χ2n) is 6.15. The third-order valence-electron chi connectivity index (χ3n) is 4.07. The molecule has 150 valence electrons. The van der Waals surface area contributed by atoms with Crippen molar-refractivity contribution in [1.29, 1.82) is 0 Å². The van der Waals surface area contributed by atoms with E-state index in [2.05, 4.69) is 15.2 Å². The Bertz CT molecular complexity index is 1040. The average molecular weight is 403 g/mol. The maximum absolute atomic E-state index is 12.7. The molecule has 0 saturated carbocycles. The Kier molecular flexibility index (Phi) is 5.40. The molecule has 3 aromatic rings. The van der Waals surface area contributed by atoms with Crippen molar-refractivity contribution in [2.75, 3.05) is 5.32 Å². The Balaban J connectivity index is 1.77. The van der Waals surface area contributed by atoms with Crippen LogP contribution in [0, 0.1) is 13.8 Å². The highest BCUT2D eigenvalue weighted by Gasteiger charge is 2.31. The van der Waals surface area contributed by atoms with E-state index in [1.165, 1.54) is 12.1 Å². The zero-order valence-corrected chi connectivity index (χ0v) is 15.4. The molecule has 0 aliphatic carbocycles. The fraction of sp³-hybridized carbons (Fsp3) is 0.150. The van der Waals surface area contributed by atoms with E-state index in [0.717, 1.165) is 17.8 Å². The van der Waals surface area contributed by atoms with Crippen molar-refractivity contribution < 1.29 is 27.5 Å². The lowest BCUT2D eigenvalue weighted by atomic mass is 10.1. The molecule has 0 aliphatic rings. The van der Waals surface area contributed by atoms with Crippen LogP contribution in [0.4, 0.5) is 18.9 Å². The van der Waals surface area contributed by atoms with Gasteiger partial charge in [0.1, 0.15) is 5.75 Å². The van der Waals surface area contributed by atoms with Gasteiger partial charge in [-0.15, -0.1) is 13.2 Å². The van der Waals surface area contributed by atoms with Gasteiger partial charge in [-0.3, -0.25) is 9.59 Å². The molecule has 0 unspecified atom stereocenters. The van der Waals surface area contributed by atoms with Gasteiger partial charge in [0.2, 0.25) is 0 Å². The Hall–Kier alpha value is -3.62. The summed E-state index contributed by atoms with van der Waals surface area (Å²) in [5.41, 5.74) is 1.96. The minimum absolute atomic E-state index is 0.156. The van der Waals surface area contributed by atoms with Gasteiger partial charge in [0.15, 0.2) is 0 Å². The first-order valence-electron chi connectivity index (χ1n) is 8.49. The van der Waals surface area contributed by atoms with Crippen LogP contribution in [-0.4, -0.2) is 27.8 Å². The molecule has 2 aromatic carbocycles. The van der Waals surface area contributed by atoms with Crippen LogP contribution in [0.1, 0.15) is 21.7 Å². The summed E-state index contributed by atoms with van der Waals surface area (Å²) in [5.74, 6) is -2.15. The lowest BCUT2D eigenvalue weighted by molar-refractivity contribution is -0.274. The number of nitrogens with zero attached hydrogens (tertiary/aromatic N) is 2. The lowest BCUT2D eigenvalue weighted by Gasteiger charge is -2.10. The molecule has 0 atom stereocenters. The van der Waals surface area contributed by atoms with Gasteiger partial charge in [-0.1, -0.05) is 18.2 Å². The number of benzene rings is 2. The Morgan fingerprint density at radius 1 is 1.00 bits per heavy atom. The van der Waals surface area contributed by atoms with Gasteiger partial charge in [0, 0.05) is 5.69 Å². The topological polar surface area (TPSA) is 73.2 Å². The third-order valence-corrected chi connectivity index (χ3v) is 4.07. The number of amides is 1. The fourth-order valence-electron chi connectivity index (χ4n) is 2.83. The predicted octanol–water partition coefficient (Wildman–Crippen LogP) is 4.21. The molecule has 29 heavy (non-hydrogen) atoms. The number of hydrogen-bond donors (Lipinski definition) is 1. The van der Waals surface area contributed by atoms with Crippen LogP contribution < -0.4 is 10.1 Å². The van der Waals surface area contributed by atoms with E-state index in [-0.39, 0.29) is 11.3 Å². The van der Waals surface area contributed by atoms with E-state index in [9.17, 15) is 22.8 Å². The number of aryl methyl sites for hydroxylation is 1. The minimum atomic E-state index is -4.81. The number of aromatic nitrogens is 2. The first kappa shape index (κ1) is 20.1. The fourth-order valence-corrected chi connectivity index (χ4v) is 2.83. The highest BCUT2D eigenvalue weighted by atomic mass is 19.4. The molecular formula is C20H16F3N3O3. The van der Waals surface area contributed by atoms with Crippen molar-refractivity contribution >= 4 is 17.4 Å². The molecule has 9 heteroatoms. The van der Waals surface area contributed by atoms with Gasteiger partial charge in [0.05, 0.1) is 22.6 Å². The standard InChI is InChI=1S/C20H16F3N3O3/c1-12-17(13(2)26(25-12)15-6-4-3-5-7-15)18(27)19(28)24-14-8-10-16(11-9-14)29-20(21,22)23/h3-11H,1-2H3,(H,24,28). The Morgan fingerprint density at radius 2 is 1.62 bits per heavy atom. The number of ketones is 1. The normalized spacial score (nSPS) is 11.2. The second-order valence-corrected chi connectivity index (χ2v) is 6.15. The molecule has 0 spiro atoms. The number of ether oxygens (including phenoxy) is 1. The molecule has 0 saturated heterocycles. The quantitative estimate of drug-likeness (QED) is 0.512. The number of halogens is 3. The van der Waals surface area contributed by atoms with Crippen molar-refractivity contribution in [1.82, 2.24) is 9.78 Å². The molecule has 0 radical (unpaired) electrons. The van der Waals surface area contributed by atoms with Crippen LogP contribution >= 0.6 is 0 Å². The first-order chi connectivity index (χ1) is 13.7. The van der Waals surface area contributed by atoms with Crippen LogP contribution in [-0.2, 0) is 4.79 Å². The van der Waals surface area contributed by atoms with Gasteiger partial charge in [-0.05, 0) is 50.2 Å². The van der Waals surface area contributed by atoms with Crippen molar-refractivity contribution in [3.05, 3.63) is 71.5 Å². The number of carbonyl (C=O) groups is 2. The summed E-state index contributed by atoms with van der Waals surface area (Å²) in [5, 5.41) is 6.70. The summed E-state index contributed by atoms with van der Waals surface area (Å²) in [6, 6.07) is 13.6. The highest BCUT2D eigenvalue weighted by Crippen LogP contribution is 2.24. The molecule has 0 bridgehead atoms. The molecular weight excluding hydrogens is 387 g/mol. The summed E-state index contributed by atoms with van der Waals surface area (Å²) in [6.45, 7) is 3.30. The molecule has 0 fully saturated rings. The number of anilines is 1. The number of hydrogen-bond acceptors (Lipinski definition) is 4. The second kappa shape index (κ2) is 7.78. The van der Waals surface area contributed by atoms with Gasteiger partial charge in [-0.25, -0.2) is 4.68 Å². The average Bonchev–Trinajstić information content (AvgIpc) is 2.96. The molecule has 1 amide bonds.